The summed E-state index contributed by atoms with van der Waals surface area (Å²) in [6.07, 6.45) is 0.850. The third-order valence-corrected chi connectivity index (χ3v) is 4.97. The van der Waals surface area contributed by atoms with E-state index in [9.17, 15) is 4.79 Å². The van der Waals surface area contributed by atoms with Gasteiger partial charge in [-0.1, -0.05) is 29.8 Å². The van der Waals surface area contributed by atoms with Crippen molar-refractivity contribution >= 4 is 23.3 Å². The van der Waals surface area contributed by atoms with Gasteiger partial charge in [-0.2, -0.15) is 0 Å². The Balaban J connectivity index is 1.92. The van der Waals surface area contributed by atoms with Crippen LogP contribution in [0, 0.1) is 0 Å². The normalized spacial score (nSPS) is 17.8. The molecule has 1 atom stereocenters. The predicted octanol–water partition coefficient (Wildman–Crippen LogP) is 3.57. The number of nitrogens with two attached hydrogens (primary N) is 1. The van der Waals surface area contributed by atoms with Crippen LogP contribution in [0.15, 0.2) is 47.9 Å². The second kappa shape index (κ2) is 6.57. The van der Waals surface area contributed by atoms with Crippen LogP contribution in [0.25, 0.3) is 0 Å². The van der Waals surface area contributed by atoms with Gasteiger partial charge in [0, 0.05) is 28.4 Å². The summed E-state index contributed by atoms with van der Waals surface area (Å²) in [5, 5.41) is 3.93. The molecule has 0 aliphatic carbocycles. The summed E-state index contributed by atoms with van der Waals surface area (Å²) >= 11 is 6.21. The number of hydrogen-bond donors (Lipinski definition) is 2. The van der Waals surface area contributed by atoms with E-state index in [-0.39, 0.29) is 18.4 Å². The fraction of sp³-hybridized carbons (Fsp3) is 0.250. The number of esters is 1. The molecule has 0 saturated carbocycles. The number of carbonyl (C=O) groups excluding carboxylic acids is 1. The molecule has 0 aromatic heterocycles. The Morgan fingerprint density at radius 2 is 2.23 bits per heavy atom. The van der Waals surface area contributed by atoms with Crippen molar-refractivity contribution in [3.8, 4) is 5.75 Å². The Kier molecular flexibility index (Phi) is 4.24. The van der Waals surface area contributed by atoms with Crippen LogP contribution < -0.4 is 15.8 Å². The van der Waals surface area contributed by atoms with Gasteiger partial charge < -0.3 is 20.5 Å². The van der Waals surface area contributed by atoms with Gasteiger partial charge >= 0.3 is 5.97 Å². The van der Waals surface area contributed by atoms with Crippen molar-refractivity contribution in [1.29, 1.82) is 0 Å². The highest BCUT2D eigenvalue weighted by molar-refractivity contribution is 6.30. The fourth-order valence-electron chi connectivity index (χ4n) is 3.65. The van der Waals surface area contributed by atoms with Gasteiger partial charge in [-0.15, -0.1) is 0 Å². The molecule has 2 heterocycles. The van der Waals surface area contributed by atoms with Crippen molar-refractivity contribution in [3.63, 3.8) is 0 Å². The molecule has 4 rings (SSSR count). The summed E-state index contributed by atoms with van der Waals surface area (Å²) < 4.78 is 11.2. The molecule has 2 aliphatic rings. The third-order valence-electron chi connectivity index (χ3n) is 4.74. The molecule has 0 bridgehead atoms. The summed E-state index contributed by atoms with van der Waals surface area (Å²) in [5.74, 6) is -0.0501. The summed E-state index contributed by atoms with van der Waals surface area (Å²) in [6, 6.07) is 11.4. The molecule has 0 radical (unpaired) electrons. The molecule has 6 heteroatoms. The number of ether oxygens (including phenoxy) is 2. The van der Waals surface area contributed by atoms with Crippen molar-refractivity contribution in [2.24, 2.45) is 5.73 Å². The van der Waals surface area contributed by atoms with Crippen molar-refractivity contribution in [2.45, 2.75) is 19.3 Å². The molecule has 0 fully saturated rings. The van der Waals surface area contributed by atoms with Gasteiger partial charge in [0.25, 0.3) is 0 Å². The van der Waals surface area contributed by atoms with Crippen LogP contribution in [0.3, 0.4) is 0 Å². The average Bonchev–Trinajstić information content (AvgIpc) is 3.10. The largest absolute Gasteiger partial charge is 0.462 e. The lowest BCUT2D eigenvalue weighted by Crippen LogP contribution is -2.28. The molecule has 2 aromatic rings. The molecular weight excluding hydrogens is 352 g/mol. The standard InChI is InChI=1S/C20H19ClN2O3/c1-2-25-20(24)17-16(11-4-3-5-12(21)10-11)14-6-7-15-13(8-9-23-15)18(14)26-19(17)22/h3-7,10,16,23H,2,8-9,22H2,1H3. The van der Waals surface area contributed by atoms with Crippen LogP contribution in [0.4, 0.5) is 5.69 Å². The monoisotopic (exact) mass is 370 g/mol. The molecular formula is C20H19ClN2O3. The number of carbonyl (C=O) groups is 1. The fourth-order valence-corrected chi connectivity index (χ4v) is 3.85. The van der Waals surface area contributed by atoms with Crippen molar-refractivity contribution < 1.29 is 14.3 Å². The highest BCUT2D eigenvalue weighted by Gasteiger charge is 2.37. The van der Waals surface area contributed by atoms with Crippen LogP contribution in [-0.4, -0.2) is 19.1 Å². The van der Waals surface area contributed by atoms with Gasteiger partial charge in [0.1, 0.15) is 11.3 Å². The maximum absolute atomic E-state index is 12.6. The Labute approximate surface area is 156 Å². The van der Waals surface area contributed by atoms with Gasteiger partial charge in [0.05, 0.1) is 12.5 Å². The van der Waals surface area contributed by atoms with Gasteiger partial charge in [-0.05, 0) is 37.1 Å². The Hall–Kier alpha value is -2.66. The number of halogens is 1. The van der Waals surface area contributed by atoms with E-state index >= 15 is 0 Å². The van der Waals surface area contributed by atoms with E-state index < -0.39 is 5.97 Å². The van der Waals surface area contributed by atoms with E-state index in [1.807, 2.05) is 30.3 Å². The maximum atomic E-state index is 12.6. The molecule has 2 aromatic carbocycles. The molecule has 26 heavy (non-hydrogen) atoms. The molecule has 134 valence electrons. The SMILES string of the molecule is CCOC(=O)C1=C(N)Oc2c(ccc3c2CCN3)C1c1cccc(Cl)c1. The van der Waals surface area contributed by atoms with E-state index in [1.165, 1.54) is 0 Å². The number of nitrogens with one attached hydrogen (secondary N) is 1. The first-order valence-electron chi connectivity index (χ1n) is 8.60. The number of anilines is 1. The Bertz CT molecular complexity index is 923. The minimum atomic E-state index is -0.473. The van der Waals surface area contributed by atoms with Crippen molar-refractivity contribution in [1.82, 2.24) is 0 Å². The Morgan fingerprint density at radius 3 is 3.00 bits per heavy atom. The maximum Gasteiger partial charge on any atom is 0.340 e. The summed E-state index contributed by atoms with van der Waals surface area (Å²) in [5.41, 5.74) is 10.4. The zero-order valence-electron chi connectivity index (χ0n) is 14.3. The highest BCUT2D eigenvalue weighted by atomic mass is 35.5. The quantitative estimate of drug-likeness (QED) is 0.808. The van der Waals surface area contributed by atoms with E-state index in [0.717, 1.165) is 41.1 Å². The average molecular weight is 371 g/mol. The first-order chi connectivity index (χ1) is 12.6. The second-order valence-corrected chi connectivity index (χ2v) is 6.71. The molecule has 2 aliphatic heterocycles. The van der Waals surface area contributed by atoms with Crippen LogP contribution >= 0.6 is 11.6 Å². The number of fused-ring (bicyclic) bond motifs is 3. The van der Waals surface area contributed by atoms with Crippen LogP contribution in [0.5, 0.6) is 5.75 Å². The van der Waals surface area contributed by atoms with Gasteiger partial charge in [-0.3, -0.25) is 0 Å². The number of rotatable bonds is 3. The van der Waals surface area contributed by atoms with Crippen molar-refractivity contribution in [2.75, 3.05) is 18.5 Å². The lowest BCUT2D eigenvalue weighted by Gasteiger charge is -2.29. The van der Waals surface area contributed by atoms with E-state index in [4.69, 9.17) is 26.8 Å². The zero-order valence-corrected chi connectivity index (χ0v) is 15.1. The third kappa shape index (κ3) is 2.69. The minimum absolute atomic E-state index is 0.0845. The predicted molar refractivity (Wildman–Crippen MR) is 100 cm³/mol. The van der Waals surface area contributed by atoms with Crippen LogP contribution in [0.2, 0.25) is 5.02 Å². The molecule has 3 N–H and O–H groups in total. The number of benzene rings is 2. The van der Waals surface area contributed by atoms with Crippen molar-refractivity contribution in [3.05, 3.63) is 69.6 Å². The summed E-state index contributed by atoms with van der Waals surface area (Å²) in [4.78, 5) is 12.6. The Morgan fingerprint density at radius 1 is 1.38 bits per heavy atom. The topological polar surface area (TPSA) is 73.6 Å². The molecule has 5 nitrogen and oxygen atoms in total. The second-order valence-electron chi connectivity index (χ2n) is 6.28. The van der Waals surface area contributed by atoms with Gasteiger partial charge in [0.15, 0.2) is 0 Å². The summed E-state index contributed by atoms with van der Waals surface area (Å²) in [6.45, 7) is 2.88. The molecule has 1 unspecified atom stereocenters. The smallest absolute Gasteiger partial charge is 0.340 e. The van der Waals surface area contributed by atoms with E-state index in [0.29, 0.717) is 10.6 Å². The van der Waals surface area contributed by atoms with Gasteiger partial charge in [-0.25, -0.2) is 4.79 Å². The molecule has 0 amide bonds. The van der Waals surface area contributed by atoms with Crippen LogP contribution in [-0.2, 0) is 16.0 Å². The van der Waals surface area contributed by atoms with Gasteiger partial charge in [0.2, 0.25) is 5.88 Å². The lowest BCUT2D eigenvalue weighted by atomic mass is 9.82. The highest BCUT2D eigenvalue weighted by Crippen LogP contribution is 2.47. The molecule has 0 saturated heterocycles. The number of hydrogen-bond acceptors (Lipinski definition) is 5. The first kappa shape index (κ1) is 16.8. The van der Waals surface area contributed by atoms with Crippen LogP contribution in [0.1, 0.15) is 29.5 Å². The summed E-state index contributed by atoms with van der Waals surface area (Å²) in [7, 11) is 0. The minimum Gasteiger partial charge on any atom is -0.462 e. The van der Waals surface area contributed by atoms with E-state index in [2.05, 4.69) is 5.32 Å². The first-order valence-corrected chi connectivity index (χ1v) is 8.97. The van der Waals surface area contributed by atoms with E-state index in [1.54, 1.807) is 13.0 Å². The zero-order chi connectivity index (χ0) is 18.3. The molecule has 0 spiro atoms. The lowest BCUT2D eigenvalue weighted by molar-refractivity contribution is -0.139.